The van der Waals surface area contributed by atoms with Crippen LogP contribution in [0.25, 0.3) is 0 Å². The van der Waals surface area contributed by atoms with E-state index in [1.165, 1.54) is 32.2 Å². The number of rotatable bonds is 5. The molecule has 0 aromatic rings. The first-order valence-electron chi connectivity index (χ1n) is 5.64. The molecule has 1 saturated heterocycles. The van der Waals surface area contributed by atoms with Crippen LogP contribution < -0.4 is 10.6 Å². The molecule has 0 bridgehead atoms. The summed E-state index contributed by atoms with van der Waals surface area (Å²) >= 11 is 0. The molecule has 1 fully saturated rings. The first-order chi connectivity index (χ1) is 6.24. The summed E-state index contributed by atoms with van der Waals surface area (Å²) in [6, 6.07) is 1.41. The van der Waals surface area contributed by atoms with Crippen LogP contribution in [0.4, 0.5) is 0 Å². The zero-order chi connectivity index (χ0) is 9.68. The first-order valence-corrected chi connectivity index (χ1v) is 5.64. The van der Waals surface area contributed by atoms with Gasteiger partial charge in [-0.3, -0.25) is 0 Å². The second-order valence-corrected chi connectivity index (χ2v) is 4.57. The molecule has 2 heteroatoms. The van der Waals surface area contributed by atoms with E-state index in [0.717, 1.165) is 12.0 Å². The topological polar surface area (TPSA) is 24.1 Å². The minimum atomic E-state index is 0.685. The van der Waals surface area contributed by atoms with Gasteiger partial charge >= 0.3 is 0 Å². The summed E-state index contributed by atoms with van der Waals surface area (Å²) in [6.07, 6.45) is 5.35. The molecule has 0 amide bonds. The van der Waals surface area contributed by atoms with Gasteiger partial charge in [0.05, 0.1) is 0 Å². The van der Waals surface area contributed by atoms with Crippen molar-refractivity contribution in [1.82, 2.24) is 10.6 Å². The molecule has 2 nitrogen and oxygen atoms in total. The Bertz CT molecular complexity index is 128. The zero-order valence-corrected chi connectivity index (χ0v) is 9.27. The van der Waals surface area contributed by atoms with Crippen LogP contribution in [0.3, 0.4) is 0 Å². The fourth-order valence-electron chi connectivity index (χ4n) is 2.11. The SMILES string of the molecule is CNC(CCC(C)C)C1CCCN1. The largest absolute Gasteiger partial charge is 0.315 e. The van der Waals surface area contributed by atoms with Crippen LogP contribution in [0.15, 0.2) is 0 Å². The average Bonchev–Trinajstić information content (AvgIpc) is 2.58. The molecule has 13 heavy (non-hydrogen) atoms. The van der Waals surface area contributed by atoms with Crippen molar-refractivity contribution in [2.45, 2.75) is 51.6 Å². The maximum atomic E-state index is 3.57. The third-order valence-electron chi connectivity index (χ3n) is 3.01. The van der Waals surface area contributed by atoms with Gasteiger partial charge in [0, 0.05) is 12.1 Å². The predicted octanol–water partition coefficient (Wildman–Crippen LogP) is 1.76. The lowest BCUT2D eigenvalue weighted by molar-refractivity contribution is 0.374. The van der Waals surface area contributed by atoms with E-state index in [9.17, 15) is 0 Å². The lowest BCUT2D eigenvalue weighted by Crippen LogP contribution is -2.43. The standard InChI is InChI=1S/C11H24N2/c1-9(2)6-7-10(12-3)11-5-4-8-13-11/h9-13H,4-8H2,1-3H3. The lowest BCUT2D eigenvalue weighted by atomic mass is 9.97. The van der Waals surface area contributed by atoms with Crippen LogP contribution in [0.5, 0.6) is 0 Å². The summed E-state index contributed by atoms with van der Waals surface area (Å²) in [4.78, 5) is 0. The molecule has 2 unspecified atom stereocenters. The van der Waals surface area contributed by atoms with Gasteiger partial charge in [-0.2, -0.15) is 0 Å². The Morgan fingerprint density at radius 1 is 1.38 bits per heavy atom. The number of likely N-dealkylation sites (N-methyl/N-ethyl adjacent to an activating group) is 1. The highest BCUT2D eigenvalue weighted by molar-refractivity contribution is 4.85. The summed E-state index contributed by atoms with van der Waals surface area (Å²) in [7, 11) is 2.09. The summed E-state index contributed by atoms with van der Waals surface area (Å²) in [6.45, 7) is 5.81. The second-order valence-electron chi connectivity index (χ2n) is 4.57. The zero-order valence-electron chi connectivity index (χ0n) is 9.27. The molecule has 0 radical (unpaired) electrons. The molecular weight excluding hydrogens is 160 g/mol. The van der Waals surface area contributed by atoms with Crippen molar-refractivity contribution in [3.63, 3.8) is 0 Å². The summed E-state index contributed by atoms with van der Waals surface area (Å²) in [5.74, 6) is 0.831. The van der Waals surface area contributed by atoms with Crippen molar-refractivity contribution in [1.29, 1.82) is 0 Å². The van der Waals surface area contributed by atoms with E-state index in [1.807, 2.05) is 0 Å². The van der Waals surface area contributed by atoms with Crippen molar-refractivity contribution < 1.29 is 0 Å². The smallest absolute Gasteiger partial charge is 0.0221 e. The van der Waals surface area contributed by atoms with Crippen LogP contribution >= 0.6 is 0 Å². The number of nitrogens with one attached hydrogen (secondary N) is 2. The molecule has 78 valence electrons. The monoisotopic (exact) mass is 184 g/mol. The maximum absolute atomic E-state index is 3.57. The Balaban J connectivity index is 2.24. The quantitative estimate of drug-likeness (QED) is 0.680. The molecule has 1 aliphatic rings. The number of hydrogen-bond acceptors (Lipinski definition) is 2. The fraction of sp³-hybridized carbons (Fsp3) is 1.00. The van der Waals surface area contributed by atoms with E-state index in [-0.39, 0.29) is 0 Å². The maximum Gasteiger partial charge on any atom is 0.0221 e. The Morgan fingerprint density at radius 3 is 2.62 bits per heavy atom. The Kier molecular flexibility index (Phi) is 4.74. The minimum absolute atomic E-state index is 0.685. The molecule has 1 heterocycles. The van der Waals surface area contributed by atoms with Crippen LogP contribution in [-0.2, 0) is 0 Å². The van der Waals surface area contributed by atoms with Gasteiger partial charge in [0.15, 0.2) is 0 Å². The van der Waals surface area contributed by atoms with E-state index in [1.54, 1.807) is 0 Å². The third-order valence-corrected chi connectivity index (χ3v) is 3.01. The molecule has 1 aliphatic heterocycles. The van der Waals surface area contributed by atoms with Crippen LogP contribution in [-0.4, -0.2) is 25.7 Å². The highest BCUT2D eigenvalue weighted by Crippen LogP contribution is 2.15. The minimum Gasteiger partial charge on any atom is -0.315 e. The van der Waals surface area contributed by atoms with Crippen molar-refractivity contribution in [3.8, 4) is 0 Å². The van der Waals surface area contributed by atoms with E-state index in [0.29, 0.717) is 6.04 Å². The summed E-state index contributed by atoms with van der Waals surface area (Å²) < 4.78 is 0. The van der Waals surface area contributed by atoms with Crippen molar-refractivity contribution in [3.05, 3.63) is 0 Å². The molecule has 0 aromatic carbocycles. The molecule has 2 N–H and O–H groups in total. The van der Waals surface area contributed by atoms with E-state index >= 15 is 0 Å². The van der Waals surface area contributed by atoms with Gasteiger partial charge in [-0.05, 0) is 45.2 Å². The van der Waals surface area contributed by atoms with Crippen molar-refractivity contribution >= 4 is 0 Å². The van der Waals surface area contributed by atoms with Gasteiger partial charge in [0.1, 0.15) is 0 Å². The number of hydrogen-bond donors (Lipinski definition) is 2. The van der Waals surface area contributed by atoms with Gasteiger partial charge in [-0.15, -0.1) is 0 Å². The summed E-state index contributed by atoms with van der Waals surface area (Å²) in [5.41, 5.74) is 0. The normalized spacial score (nSPS) is 25.4. The van der Waals surface area contributed by atoms with E-state index < -0.39 is 0 Å². The Hall–Kier alpha value is -0.0800. The molecule has 0 aromatic heterocycles. The average molecular weight is 184 g/mol. The van der Waals surface area contributed by atoms with Crippen LogP contribution in [0.1, 0.15) is 39.5 Å². The predicted molar refractivity (Wildman–Crippen MR) is 57.9 cm³/mol. The molecule has 0 spiro atoms. The molecule has 0 saturated carbocycles. The fourth-order valence-corrected chi connectivity index (χ4v) is 2.11. The third kappa shape index (κ3) is 3.65. The van der Waals surface area contributed by atoms with Gasteiger partial charge in [-0.1, -0.05) is 13.8 Å². The van der Waals surface area contributed by atoms with Gasteiger partial charge < -0.3 is 10.6 Å². The first kappa shape index (κ1) is 11.0. The van der Waals surface area contributed by atoms with Gasteiger partial charge in [0.25, 0.3) is 0 Å². The molecule has 2 atom stereocenters. The Labute approximate surface area is 82.5 Å². The Morgan fingerprint density at radius 2 is 2.15 bits per heavy atom. The summed E-state index contributed by atoms with van der Waals surface area (Å²) in [5, 5.41) is 7.01. The molecule has 1 rings (SSSR count). The van der Waals surface area contributed by atoms with E-state index in [4.69, 9.17) is 0 Å². The highest BCUT2D eigenvalue weighted by Gasteiger charge is 2.22. The van der Waals surface area contributed by atoms with Crippen LogP contribution in [0.2, 0.25) is 0 Å². The van der Waals surface area contributed by atoms with Crippen LogP contribution in [0, 0.1) is 5.92 Å². The van der Waals surface area contributed by atoms with Gasteiger partial charge in [0.2, 0.25) is 0 Å². The molecular formula is C11H24N2. The molecule has 0 aliphatic carbocycles. The van der Waals surface area contributed by atoms with Crippen molar-refractivity contribution in [2.24, 2.45) is 5.92 Å². The van der Waals surface area contributed by atoms with Crippen molar-refractivity contribution in [2.75, 3.05) is 13.6 Å². The second kappa shape index (κ2) is 5.61. The van der Waals surface area contributed by atoms with Gasteiger partial charge in [-0.25, -0.2) is 0 Å². The lowest BCUT2D eigenvalue weighted by Gasteiger charge is -2.23. The highest BCUT2D eigenvalue weighted by atomic mass is 15.0. The van der Waals surface area contributed by atoms with E-state index in [2.05, 4.69) is 31.5 Å².